The zero-order valence-corrected chi connectivity index (χ0v) is 20.4. The third-order valence-electron chi connectivity index (χ3n) is 4.57. The summed E-state index contributed by atoms with van der Waals surface area (Å²) < 4.78 is 54.6. The molecule has 174 valence electrons. The fourth-order valence-corrected chi connectivity index (χ4v) is 7.89. The van der Waals surface area contributed by atoms with Crippen LogP contribution in [0.25, 0.3) is 11.0 Å². The van der Waals surface area contributed by atoms with Crippen molar-refractivity contribution in [1.29, 1.82) is 0 Å². The first kappa shape index (κ1) is 25.7. The van der Waals surface area contributed by atoms with Crippen LogP contribution < -0.4 is 3.71 Å². The summed E-state index contributed by atoms with van der Waals surface area (Å²) in [4.78, 5) is 16.2. The van der Waals surface area contributed by atoms with Gasteiger partial charge in [0.1, 0.15) is 11.3 Å². The second-order valence-electron chi connectivity index (χ2n) is 6.71. The minimum absolute atomic E-state index is 0.0177. The number of halogens is 2. The molecule has 0 radical (unpaired) electrons. The van der Waals surface area contributed by atoms with Gasteiger partial charge in [0.25, 0.3) is 0 Å². The number of benzene rings is 1. The van der Waals surface area contributed by atoms with E-state index in [9.17, 15) is 26.7 Å². The van der Waals surface area contributed by atoms with Crippen molar-refractivity contribution < 1.29 is 26.7 Å². The topological polar surface area (TPSA) is 127 Å². The number of rotatable bonds is 12. The summed E-state index contributed by atoms with van der Waals surface area (Å²) >= 11 is 11.3. The van der Waals surface area contributed by atoms with Crippen LogP contribution in [0.4, 0.5) is 5.69 Å². The molecular formula is C18H25Cl2N3O6S2. The Labute approximate surface area is 192 Å². The molecule has 13 heteroatoms. The van der Waals surface area contributed by atoms with Crippen molar-refractivity contribution in [3.8, 4) is 0 Å². The van der Waals surface area contributed by atoms with E-state index in [4.69, 9.17) is 23.2 Å². The number of aromatic nitrogens is 2. The molecule has 1 heterocycles. The lowest BCUT2D eigenvalue weighted by atomic mass is 10.1. The van der Waals surface area contributed by atoms with Crippen molar-refractivity contribution >= 4 is 65.9 Å². The molecule has 1 aromatic carbocycles. The smallest absolute Gasteiger partial charge is 0.335 e. The average Bonchev–Trinajstić information content (AvgIpc) is 3.08. The van der Waals surface area contributed by atoms with E-state index in [1.807, 2.05) is 13.8 Å². The van der Waals surface area contributed by atoms with Gasteiger partial charge < -0.3 is 9.67 Å². The fraction of sp³-hybridized carbons (Fsp3) is 0.556. The molecule has 2 rings (SSSR count). The molecule has 0 bridgehead atoms. The Morgan fingerprint density at radius 3 is 2.03 bits per heavy atom. The van der Waals surface area contributed by atoms with E-state index in [2.05, 4.69) is 4.98 Å². The van der Waals surface area contributed by atoms with E-state index < -0.39 is 37.5 Å². The van der Waals surface area contributed by atoms with Crippen LogP contribution in [0.2, 0.25) is 0 Å². The normalized spacial score (nSPS) is 12.4. The molecule has 9 nitrogen and oxygen atoms in total. The third-order valence-corrected chi connectivity index (χ3v) is 9.48. The number of sulfonamides is 2. The van der Waals surface area contributed by atoms with Crippen LogP contribution in [-0.4, -0.2) is 60.7 Å². The van der Waals surface area contributed by atoms with Crippen molar-refractivity contribution in [2.45, 2.75) is 39.7 Å². The highest BCUT2D eigenvalue weighted by atomic mass is 35.5. The zero-order valence-electron chi connectivity index (χ0n) is 17.2. The first-order valence-corrected chi connectivity index (χ1v) is 14.0. The molecule has 2 aromatic rings. The number of imidazole rings is 1. The summed E-state index contributed by atoms with van der Waals surface area (Å²) in [6, 6.07) is 2.40. The van der Waals surface area contributed by atoms with Crippen LogP contribution >= 0.6 is 23.2 Å². The molecule has 0 aliphatic carbocycles. The van der Waals surface area contributed by atoms with Crippen molar-refractivity contribution in [3.63, 3.8) is 0 Å². The maximum atomic E-state index is 13.1. The van der Waals surface area contributed by atoms with E-state index in [1.165, 1.54) is 6.07 Å². The summed E-state index contributed by atoms with van der Waals surface area (Å²) in [5.74, 6) is -1.75. The molecule has 31 heavy (non-hydrogen) atoms. The predicted octanol–water partition coefficient (Wildman–Crippen LogP) is 3.04. The Morgan fingerprint density at radius 2 is 1.61 bits per heavy atom. The van der Waals surface area contributed by atoms with Gasteiger partial charge in [0.2, 0.25) is 20.0 Å². The molecule has 0 saturated carbocycles. The highest BCUT2D eigenvalue weighted by molar-refractivity contribution is 8.10. The van der Waals surface area contributed by atoms with E-state index in [0.29, 0.717) is 28.0 Å². The number of hydrogen-bond acceptors (Lipinski definition) is 6. The minimum atomic E-state index is -4.40. The van der Waals surface area contributed by atoms with Gasteiger partial charge in [-0.15, -0.1) is 23.2 Å². The summed E-state index contributed by atoms with van der Waals surface area (Å²) in [7, 11) is -8.80. The van der Waals surface area contributed by atoms with E-state index in [-0.39, 0.29) is 41.4 Å². The number of aromatic carboxylic acids is 1. The number of fused-ring (bicyclic) bond motifs is 1. The average molecular weight is 514 g/mol. The number of aryl methyl sites for hydroxylation is 2. The van der Waals surface area contributed by atoms with Gasteiger partial charge in [-0.1, -0.05) is 6.92 Å². The molecule has 0 aliphatic rings. The Bertz CT molecular complexity index is 1120. The minimum Gasteiger partial charge on any atom is -0.478 e. The van der Waals surface area contributed by atoms with Crippen LogP contribution in [0.1, 0.15) is 42.9 Å². The van der Waals surface area contributed by atoms with E-state index >= 15 is 0 Å². The number of nitrogens with zero attached hydrogens (tertiary/aromatic N) is 3. The lowest BCUT2D eigenvalue weighted by molar-refractivity contribution is 0.0697. The van der Waals surface area contributed by atoms with Gasteiger partial charge in [-0.3, -0.25) is 0 Å². The molecule has 0 fully saturated rings. The van der Waals surface area contributed by atoms with Crippen LogP contribution in [0.5, 0.6) is 0 Å². The lowest BCUT2D eigenvalue weighted by Gasteiger charge is -2.24. The highest BCUT2D eigenvalue weighted by Crippen LogP contribution is 2.34. The molecule has 0 spiro atoms. The number of anilines is 1. The Balaban J connectivity index is 2.94. The van der Waals surface area contributed by atoms with E-state index in [1.54, 1.807) is 4.57 Å². The lowest BCUT2D eigenvalue weighted by Crippen LogP contribution is -2.40. The molecule has 0 saturated heterocycles. The number of carbonyl (C=O) groups is 1. The Morgan fingerprint density at radius 1 is 1.06 bits per heavy atom. The van der Waals surface area contributed by atoms with Gasteiger partial charge >= 0.3 is 5.97 Å². The predicted molar refractivity (Wildman–Crippen MR) is 122 cm³/mol. The van der Waals surface area contributed by atoms with Crippen LogP contribution in [0.15, 0.2) is 12.1 Å². The second-order valence-corrected chi connectivity index (χ2v) is 11.6. The third kappa shape index (κ3) is 5.44. The van der Waals surface area contributed by atoms with Crippen molar-refractivity contribution in [1.82, 2.24) is 9.55 Å². The van der Waals surface area contributed by atoms with Gasteiger partial charge in [0, 0.05) is 24.7 Å². The van der Waals surface area contributed by atoms with Crippen LogP contribution in [-0.2, 0) is 33.0 Å². The molecule has 0 aliphatic heterocycles. The maximum Gasteiger partial charge on any atom is 0.335 e. The molecule has 0 unspecified atom stereocenters. The molecule has 0 atom stereocenters. The van der Waals surface area contributed by atoms with Gasteiger partial charge in [-0.05, 0) is 31.9 Å². The summed E-state index contributed by atoms with van der Waals surface area (Å²) in [5, 5.41) is 9.58. The van der Waals surface area contributed by atoms with Gasteiger partial charge in [0.15, 0.2) is 0 Å². The van der Waals surface area contributed by atoms with Crippen LogP contribution in [0, 0.1) is 0 Å². The first-order chi connectivity index (χ1) is 14.5. The maximum absolute atomic E-state index is 13.1. The number of alkyl halides is 2. The fourth-order valence-electron chi connectivity index (χ4n) is 3.25. The highest BCUT2D eigenvalue weighted by Gasteiger charge is 2.36. The molecule has 0 amide bonds. The molecule has 1 aromatic heterocycles. The quantitative estimate of drug-likeness (QED) is 0.432. The van der Waals surface area contributed by atoms with E-state index in [0.717, 1.165) is 6.07 Å². The monoisotopic (exact) mass is 513 g/mol. The summed E-state index contributed by atoms with van der Waals surface area (Å²) in [6.07, 6.45) is 0.538. The molecular weight excluding hydrogens is 489 g/mol. The summed E-state index contributed by atoms with van der Waals surface area (Å²) in [5.41, 5.74) is -0.0993. The standard InChI is InChI=1S/C18H25Cl2N3O6S2/c1-3-16-21-17-14(22(16)4-2)11-13(18(24)25)12-15(17)23(30(26,27)9-5-7-19)31(28,29)10-6-8-20/h11-12H,3-10H2,1-2H3,(H,24,25). The zero-order chi connectivity index (χ0) is 23.4. The van der Waals surface area contributed by atoms with Crippen molar-refractivity contribution in [2.75, 3.05) is 27.0 Å². The largest absolute Gasteiger partial charge is 0.478 e. The number of carboxylic acid groups (broad SMARTS) is 1. The second kappa shape index (κ2) is 10.4. The summed E-state index contributed by atoms with van der Waals surface area (Å²) in [6.45, 7) is 4.12. The molecule has 1 N–H and O–H groups in total. The van der Waals surface area contributed by atoms with Gasteiger partial charge in [-0.25, -0.2) is 26.6 Å². The van der Waals surface area contributed by atoms with Crippen molar-refractivity contribution in [3.05, 3.63) is 23.5 Å². The Hall–Kier alpha value is -1.56. The first-order valence-electron chi connectivity index (χ1n) is 9.68. The van der Waals surface area contributed by atoms with Gasteiger partial charge in [-0.2, -0.15) is 3.71 Å². The Kier molecular flexibility index (Phi) is 8.60. The van der Waals surface area contributed by atoms with Crippen LogP contribution in [0.3, 0.4) is 0 Å². The van der Waals surface area contributed by atoms with Gasteiger partial charge in [0.05, 0.1) is 28.3 Å². The number of hydrogen-bond donors (Lipinski definition) is 1. The number of carboxylic acids is 1. The van der Waals surface area contributed by atoms with Crippen molar-refractivity contribution in [2.24, 2.45) is 0 Å². The SMILES string of the molecule is CCc1nc2c(N(S(=O)(=O)CCCCl)S(=O)(=O)CCCCl)cc(C(=O)O)cc2n1CC.